The average Bonchev–Trinajstić information content (AvgIpc) is 2.59. The van der Waals surface area contributed by atoms with Gasteiger partial charge in [0.15, 0.2) is 0 Å². The third kappa shape index (κ3) is 6.32. The highest BCUT2D eigenvalue weighted by molar-refractivity contribution is 5.95. The second kappa shape index (κ2) is 8.57. The zero-order valence-electron chi connectivity index (χ0n) is 14.6. The van der Waals surface area contributed by atoms with Gasteiger partial charge in [-0.3, -0.25) is 9.59 Å². The summed E-state index contributed by atoms with van der Waals surface area (Å²) in [4.78, 5) is 25.4. The van der Waals surface area contributed by atoms with Crippen LogP contribution in [0.4, 0.5) is 13.2 Å². The van der Waals surface area contributed by atoms with E-state index in [1.807, 2.05) is 30.3 Å². The molecular weight excluding hydrogens is 361 g/mol. The number of nitrogens with two attached hydrogens (primary N) is 1. The number of likely N-dealkylation sites (N-methyl/N-ethyl adjacent to an activating group) is 1. The van der Waals surface area contributed by atoms with E-state index in [0.717, 1.165) is 17.7 Å². The van der Waals surface area contributed by atoms with Crippen LogP contribution in [0, 0.1) is 0 Å². The summed E-state index contributed by atoms with van der Waals surface area (Å²) in [6, 6.07) is 13.5. The van der Waals surface area contributed by atoms with Gasteiger partial charge in [-0.1, -0.05) is 36.4 Å². The first-order valence-electron chi connectivity index (χ1n) is 8.11. The predicted molar refractivity (Wildman–Crippen MR) is 93.0 cm³/mol. The molecular formula is C19H19F3N2O3. The van der Waals surface area contributed by atoms with Crippen molar-refractivity contribution in [1.29, 1.82) is 0 Å². The van der Waals surface area contributed by atoms with Crippen LogP contribution in [0.2, 0.25) is 0 Å². The van der Waals surface area contributed by atoms with E-state index >= 15 is 0 Å². The van der Waals surface area contributed by atoms with Gasteiger partial charge in [0.1, 0.15) is 5.75 Å². The molecule has 0 heterocycles. The number of nitrogens with zero attached hydrogens (tertiary/aromatic N) is 1. The molecule has 2 aromatic carbocycles. The number of alkyl halides is 3. The van der Waals surface area contributed by atoms with Crippen LogP contribution in [0.15, 0.2) is 54.6 Å². The quantitative estimate of drug-likeness (QED) is 0.802. The van der Waals surface area contributed by atoms with Crippen molar-refractivity contribution < 1.29 is 27.5 Å². The van der Waals surface area contributed by atoms with Gasteiger partial charge in [-0.15, -0.1) is 13.2 Å². The molecule has 144 valence electrons. The minimum atomic E-state index is -4.85. The number of rotatable bonds is 7. The minimum absolute atomic E-state index is 0.0155. The van der Waals surface area contributed by atoms with E-state index < -0.39 is 30.0 Å². The average molecular weight is 380 g/mol. The topological polar surface area (TPSA) is 72.6 Å². The Morgan fingerprint density at radius 1 is 1.11 bits per heavy atom. The fraction of sp³-hybridized carbons (Fsp3) is 0.263. The van der Waals surface area contributed by atoms with E-state index in [1.54, 1.807) is 0 Å². The molecule has 0 aromatic heterocycles. The fourth-order valence-electron chi connectivity index (χ4n) is 2.66. The van der Waals surface area contributed by atoms with Gasteiger partial charge in [-0.2, -0.15) is 0 Å². The predicted octanol–water partition coefficient (Wildman–Crippen LogP) is 3.14. The fourth-order valence-corrected chi connectivity index (χ4v) is 2.66. The van der Waals surface area contributed by atoms with E-state index in [1.165, 1.54) is 24.1 Å². The molecule has 2 amide bonds. The van der Waals surface area contributed by atoms with Crippen LogP contribution < -0.4 is 10.5 Å². The lowest BCUT2D eigenvalue weighted by atomic mass is 10.0. The summed E-state index contributed by atoms with van der Waals surface area (Å²) < 4.78 is 41.0. The second-order valence-corrected chi connectivity index (χ2v) is 6.01. The van der Waals surface area contributed by atoms with Crippen molar-refractivity contribution in [2.24, 2.45) is 5.73 Å². The summed E-state index contributed by atoms with van der Waals surface area (Å²) in [5.41, 5.74) is 6.21. The molecule has 2 rings (SSSR count). The first-order chi connectivity index (χ1) is 12.7. The van der Waals surface area contributed by atoms with Crippen LogP contribution in [0.3, 0.4) is 0 Å². The zero-order chi connectivity index (χ0) is 20.0. The van der Waals surface area contributed by atoms with E-state index in [-0.39, 0.29) is 12.0 Å². The van der Waals surface area contributed by atoms with Gasteiger partial charge >= 0.3 is 6.36 Å². The number of amides is 2. The zero-order valence-corrected chi connectivity index (χ0v) is 14.6. The van der Waals surface area contributed by atoms with Crippen molar-refractivity contribution >= 4 is 11.8 Å². The lowest BCUT2D eigenvalue weighted by Gasteiger charge is -2.28. The van der Waals surface area contributed by atoms with Crippen molar-refractivity contribution in [2.45, 2.75) is 25.2 Å². The SMILES string of the molecule is CN(C(=O)c1cccc(OC(F)(F)F)c1)[C@H](CC(N)=O)Cc1ccccc1. The van der Waals surface area contributed by atoms with Crippen LogP contribution in [0.5, 0.6) is 5.75 Å². The minimum Gasteiger partial charge on any atom is -0.406 e. The van der Waals surface area contributed by atoms with Gasteiger partial charge in [0.05, 0.1) is 0 Å². The summed E-state index contributed by atoms with van der Waals surface area (Å²) in [7, 11) is 1.48. The van der Waals surface area contributed by atoms with Gasteiger partial charge in [0.25, 0.3) is 5.91 Å². The van der Waals surface area contributed by atoms with Crippen LogP contribution in [0.25, 0.3) is 0 Å². The molecule has 0 aliphatic carbocycles. The second-order valence-electron chi connectivity index (χ2n) is 6.01. The molecule has 2 N–H and O–H groups in total. The monoisotopic (exact) mass is 380 g/mol. The number of carbonyl (C=O) groups excluding carboxylic acids is 2. The highest BCUT2D eigenvalue weighted by atomic mass is 19.4. The summed E-state index contributed by atoms with van der Waals surface area (Å²) in [6.45, 7) is 0. The highest BCUT2D eigenvalue weighted by Crippen LogP contribution is 2.24. The van der Waals surface area contributed by atoms with Crippen molar-refractivity contribution in [3.05, 3.63) is 65.7 Å². The third-order valence-electron chi connectivity index (χ3n) is 3.93. The van der Waals surface area contributed by atoms with Crippen molar-refractivity contribution in [2.75, 3.05) is 7.05 Å². The Kier molecular flexibility index (Phi) is 6.44. The van der Waals surface area contributed by atoms with E-state index in [4.69, 9.17) is 5.73 Å². The number of primary amides is 1. The number of carbonyl (C=O) groups is 2. The maximum Gasteiger partial charge on any atom is 0.573 e. The molecule has 0 aliphatic heterocycles. The lowest BCUT2D eigenvalue weighted by Crippen LogP contribution is -2.41. The lowest BCUT2D eigenvalue weighted by molar-refractivity contribution is -0.274. The maximum atomic E-state index is 12.7. The van der Waals surface area contributed by atoms with Crippen LogP contribution in [0.1, 0.15) is 22.3 Å². The first kappa shape index (κ1) is 20.3. The van der Waals surface area contributed by atoms with Crippen molar-refractivity contribution in [1.82, 2.24) is 4.90 Å². The first-order valence-corrected chi connectivity index (χ1v) is 8.11. The largest absolute Gasteiger partial charge is 0.573 e. The van der Waals surface area contributed by atoms with Gasteiger partial charge in [0.2, 0.25) is 5.91 Å². The van der Waals surface area contributed by atoms with Gasteiger partial charge < -0.3 is 15.4 Å². The molecule has 27 heavy (non-hydrogen) atoms. The number of hydrogen-bond donors (Lipinski definition) is 1. The molecule has 0 radical (unpaired) electrons. The highest BCUT2D eigenvalue weighted by Gasteiger charge is 2.31. The maximum absolute atomic E-state index is 12.7. The van der Waals surface area contributed by atoms with Crippen LogP contribution in [-0.2, 0) is 11.2 Å². The molecule has 0 fully saturated rings. The van der Waals surface area contributed by atoms with Crippen LogP contribution >= 0.6 is 0 Å². The van der Waals surface area contributed by atoms with Crippen molar-refractivity contribution in [3.8, 4) is 5.75 Å². The van der Waals surface area contributed by atoms with Gasteiger partial charge in [-0.05, 0) is 30.2 Å². The summed E-state index contributed by atoms with van der Waals surface area (Å²) >= 11 is 0. The number of halogens is 3. The molecule has 8 heteroatoms. The normalized spacial score (nSPS) is 12.3. The Labute approximate surface area is 154 Å². The van der Waals surface area contributed by atoms with Gasteiger partial charge in [-0.25, -0.2) is 0 Å². The number of ether oxygens (including phenoxy) is 1. The third-order valence-corrected chi connectivity index (χ3v) is 3.93. The molecule has 0 aliphatic rings. The number of hydrogen-bond acceptors (Lipinski definition) is 3. The molecule has 1 atom stereocenters. The molecule has 0 bridgehead atoms. The Balaban J connectivity index is 2.21. The smallest absolute Gasteiger partial charge is 0.406 e. The molecule has 5 nitrogen and oxygen atoms in total. The van der Waals surface area contributed by atoms with Crippen LogP contribution in [-0.4, -0.2) is 36.2 Å². The Morgan fingerprint density at radius 2 is 1.78 bits per heavy atom. The van der Waals surface area contributed by atoms with E-state index in [9.17, 15) is 22.8 Å². The summed E-state index contributed by atoms with van der Waals surface area (Å²) in [6.07, 6.45) is -4.55. The molecule has 0 unspecified atom stereocenters. The molecule has 0 spiro atoms. The molecule has 0 saturated heterocycles. The van der Waals surface area contributed by atoms with Gasteiger partial charge in [0, 0.05) is 25.1 Å². The van der Waals surface area contributed by atoms with E-state index in [0.29, 0.717) is 6.42 Å². The standard InChI is InChI=1S/C19H19F3N2O3/c1-24(15(12-17(23)25)10-13-6-3-2-4-7-13)18(26)14-8-5-9-16(11-14)27-19(20,21)22/h2-9,11,15H,10,12H2,1H3,(H2,23,25)/t15-/m0/s1. The Morgan fingerprint density at radius 3 is 2.37 bits per heavy atom. The Bertz CT molecular complexity index is 794. The molecule has 0 saturated carbocycles. The van der Waals surface area contributed by atoms with E-state index in [2.05, 4.69) is 4.74 Å². The summed E-state index contributed by atoms with van der Waals surface area (Å²) in [5.74, 6) is -1.61. The Hall–Kier alpha value is -3.03. The molecule has 2 aromatic rings. The number of benzene rings is 2. The summed E-state index contributed by atoms with van der Waals surface area (Å²) in [5, 5.41) is 0. The van der Waals surface area contributed by atoms with Crippen molar-refractivity contribution in [3.63, 3.8) is 0 Å².